The number of allylic oxidation sites excluding steroid dienone is 7. The fraction of sp³-hybridized carbons (Fsp3) is 0.500. The average molecular weight is 547 g/mol. The molecule has 6 heteroatoms. The van der Waals surface area contributed by atoms with Gasteiger partial charge >= 0.3 is 5.97 Å². The third-order valence-electron chi connectivity index (χ3n) is 9.43. The van der Waals surface area contributed by atoms with E-state index in [2.05, 4.69) is 32.1 Å². The molecule has 40 heavy (non-hydrogen) atoms. The molecule has 0 aromatic heterocycles. The molecule has 3 aliphatic carbocycles. The minimum Gasteiger partial charge on any atom is -0.493 e. The summed E-state index contributed by atoms with van der Waals surface area (Å²) in [6.07, 6.45) is 15.1. The van der Waals surface area contributed by atoms with Gasteiger partial charge in [-0.3, -0.25) is 9.59 Å². The van der Waals surface area contributed by atoms with E-state index >= 15 is 0 Å². The molecule has 1 fully saturated rings. The van der Waals surface area contributed by atoms with Gasteiger partial charge in [0, 0.05) is 0 Å². The summed E-state index contributed by atoms with van der Waals surface area (Å²) >= 11 is 0. The third-order valence-corrected chi connectivity index (χ3v) is 9.43. The Kier molecular flexibility index (Phi) is 9.17. The zero-order valence-corrected chi connectivity index (χ0v) is 24.6. The van der Waals surface area contributed by atoms with Crippen molar-refractivity contribution in [1.82, 2.24) is 0 Å². The van der Waals surface area contributed by atoms with E-state index < -0.39 is 5.97 Å². The van der Waals surface area contributed by atoms with E-state index in [0.717, 1.165) is 43.1 Å². The SMILES string of the molecule is COc1ccc(C(=O)OC/C(C)=C\C=C/[C@H](C)[C@H]2CC[C@]3(C)C[C@@H]4C(C)=CC(=O)[C@H]4/C(C=O)=C\C[C@@H]23)cc1OC. The summed E-state index contributed by atoms with van der Waals surface area (Å²) in [4.78, 5) is 37.1. The molecule has 6 atom stereocenters. The van der Waals surface area contributed by atoms with Gasteiger partial charge in [-0.1, -0.05) is 43.7 Å². The summed E-state index contributed by atoms with van der Waals surface area (Å²) in [6, 6.07) is 4.96. The van der Waals surface area contributed by atoms with Crippen molar-refractivity contribution in [2.75, 3.05) is 20.8 Å². The van der Waals surface area contributed by atoms with Crippen LogP contribution in [0.5, 0.6) is 11.5 Å². The molecule has 0 aliphatic heterocycles. The standard InChI is InChI=1S/C34H42O6/c1-21(20-40-33(37)24-11-13-30(38-5)31(17-24)39-6)8-7-9-22(2)26-14-15-34(4)18-27-23(3)16-29(36)32(27)25(19-35)10-12-28(26)34/h7-11,13,16-17,19,22,26-28,32H,12,14-15,18,20H2,1-6H3/b9-7-,21-8-,25-10-/t22-,26+,27+,28-,32-,34+/m0/s1. The summed E-state index contributed by atoms with van der Waals surface area (Å²) in [5, 5.41) is 0. The second kappa shape index (κ2) is 12.4. The first-order chi connectivity index (χ1) is 19.1. The largest absolute Gasteiger partial charge is 0.493 e. The molecule has 1 aromatic carbocycles. The van der Waals surface area contributed by atoms with Crippen LogP contribution in [0, 0.1) is 35.0 Å². The fourth-order valence-electron chi connectivity index (χ4n) is 7.13. The Morgan fingerprint density at radius 1 is 1.20 bits per heavy atom. The normalized spacial score (nSPS) is 30.4. The van der Waals surface area contributed by atoms with Crippen molar-refractivity contribution < 1.29 is 28.6 Å². The first-order valence-electron chi connectivity index (χ1n) is 14.2. The van der Waals surface area contributed by atoms with Crippen LogP contribution in [-0.2, 0) is 14.3 Å². The first-order valence-corrected chi connectivity index (χ1v) is 14.2. The van der Waals surface area contributed by atoms with Crippen LogP contribution < -0.4 is 9.47 Å². The van der Waals surface area contributed by atoms with E-state index in [1.807, 2.05) is 19.9 Å². The number of fused-ring (bicyclic) bond motifs is 2. The highest BCUT2D eigenvalue weighted by Gasteiger charge is 2.50. The molecule has 214 valence electrons. The molecule has 0 spiro atoms. The highest BCUT2D eigenvalue weighted by atomic mass is 16.5. The molecule has 0 N–H and O–H groups in total. The number of hydrogen-bond donors (Lipinski definition) is 0. The molecule has 1 aromatic rings. The van der Waals surface area contributed by atoms with Crippen molar-refractivity contribution in [1.29, 1.82) is 0 Å². The molecule has 1 saturated carbocycles. The smallest absolute Gasteiger partial charge is 0.338 e. The van der Waals surface area contributed by atoms with E-state index in [9.17, 15) is 14.4 Å². The Morgan fingerprint density at radius 3 is 2.65 bits per heavy atom. The Bertz CT molecular complexity index is 1270. The van der Waals surface area contributed by atoms with Gasteiger partial charge in [-0.2, -0.15) is 0 Å². The van der Waals surface area contributed by atoms with Crippen LogP contribution in [0.25, 0.3) is 0 Å². The molecular formula is C34H42O6. The Morgan fingerprint density at radius 2 is 1.95 bits per heavy atom. The number of aldehydes is 1. The Labute approximate surface area is 238 Å². The molecule has 6 nitrogen and oxygen atoms in total. The lowest BCUT2D eigenvalue weighted by Gasteiger charge is -2.40. The van der Waals surface area contributed by atoms with Crippen molar-refractivity contribution in [3.63, 3.8) is 0 Å². The molecule has 0 amide bonds. The number of benzene rings is 1. The summed E-state index contributed by atoms with van der Waals surface area (Å²) in [7, 11) is 3.08. The second-order valence-corrected chi connectivity index (χ2v) is 12.0. The summed E-state index contributed by atoms with van der Waals surface area (Å²) in [5.41, 5.74) is 3.28. The number of carbonyl (C=O) groups is 3. The zero-order chi connectivity index (χ0) is 29.0. The quantitative estimate of drug-likeness (QED) is 0.195. The van der Waals surface area contributed by atoms with Gasteiger partial charge in [0.15, 0.2) is 17.3 Å². The fourth-order valence-corrected chi connectivity index (χ4v) is 7.13. The van der Waals surface area contributed by atoms with Gasteiger partial charge in [0.25, 0.3) is 0 Å². The lowest BCUT2D eigenvalue weighted by atomic mass is 9.63. The summed E-state index contributed by atoms with van der Waals surface area (Å²) in [5.74, 6) is 1.87. The number of hydrogen-bond acceptors (Lipinski definition) is 6. The number of ether oxygens (including phenoxy) is 3. The number of carbonyl (C=O) groups excluding carboxylic acids is 3. The number of esters is 1. The third kappa shape index (κ3) is 6.01. The van der Waals surface area contributed by atoms with E-state index in [0.29, 0.717) is 40.4 Å². The van der Waals surface area contributed by atoms with Crippen molar-refractivity contribution in [3.05, 3.63) is 70.9 Å². The van der Waals surface area contributed by atoms with Gasteiger partial charge in [-0.05, 0) is 104 Å². The van der Waals surface area contributed by atoms with E-state index in [4.69, 9.17) is 14.2 Å². The van der Waals surface area contributed by atoms with Gasteiger partial charge in [0.1, 0.15) is 12.9 Å². The molecular weight excluding hydrogens is 504 g/mol. The summed E-state index contributed by atoms with van der Waals surface area (Å²) in [6.45, 7) is 8.84. The monoisotopic (exact) mass is 546 g/mol. The minimum absolute atomic E-state index is 0.0883. The van der Waals surface area contributed by atoms with Crippen LogP contribution in [0.2, 0.25) is 0 Å². The van der Waals surface area contributed by atoms with Gasteiger partial charge in [0.2, 0.25) is 0 Å². The van der Waals surface area contributed by atoms with Crippen molar-refractivity contribution >= 4 is 18.0 Å². The number of ketones is 1. The molecule has 0 heterocycles. The Balaban J connectivity index is 1.39. The molecule has 3 aliphatic rings. The molecule has 0 bridgehead atoms. The van der Waals surface area contributed by atoms with Gasteiger partial charge in [-0.15, -0.1) is 0 Å². The van der Waals surface area contributed by atoms with Gasteiger partial charge < -0.3 is 14.2 Å². The maximum absolute atomic E-state index is 12.7. The van der Waals surface area contributed by atoms with Crippen molar-refractivity contribution in [3.8, 4) is 11.5 Å². The van der Waals surface area contributed by atoms with Crippen LogP contribution in [0.3, 0.4) is 0 Å². The van der Waals surface area contributed by atoms with Crippen LogP contribution >= 0.6 is 0 Å². The highest BCUT2D eigenvalue weighted by Crippen LogP contribution is 2.58. The van der Waals surface area contributed by atoms with E-state index in [1.165, 1.54) is 7.11 Å². The first kappa shape index (κ1) is 29.6. The van der Waals surface area contributed by atoms with E-state index in [-0.39, 0.29) is 29.6 Å². The molecule has 0 unspecified atom stereocenters. The minimum atomic E-state index is -0.417. The zero-order valence-electron chi connectivity index (χ0n) is 24.6. The average Bonchev–Trinajstić information content (AvgIpc) is 3.40. The molecule has 4 rings (SSSR count). The molecule has 0 saturated heterocycles. The van der Waals surface area contributed by atoms with E-state index in [1.54, 1.807) is 31.4 Å². The van der Waals surface area contributed by atoms with Crippen LogP contribution in [0.1, 0.15) is 63.7 Å². The van der Waals surface area contributed by atoms with Crippen molar-refractivity contribution in [2.45, 2.75) is 53.4 Å². The van der Waals surface area contributed by atoms with Gasteiger partial charge in [-0.25, -0.2) is 4.79 Å². The number of methoxy groups -OCH3 is 2. The van der Waals surface area contributed by atoms with Crippen LogP contribution in [-0.4, -0.2) is 38.9 Å². The Hall–Kier alpha value is -3.41. The summed E-state index contributed by atoms with van der Waals surface area (Å²) < 4.78 is 16.0. The van der Waals surface area contributed by atoms with Crippen LogP contribution in [0.4, 0.5) is 0 Å². The lowest BCUT2D eigenvalue weighted by molar-refractivity contribution is -0.119. The maximum atomic E-state index is 12.7. The topological polar surface area (TPSA) is 78.9 Å². The lowest BCUT2D eigenvalue weighted by Crippen LogP contribution is -2.34. The highest BCUT2D eigenvalue weighted by molar-refractivity contribution is 6.01. The van der Waals surface area contributed by atoms with Crippen LogP contribution in [0.15, 0.2) is 65.3 Å². The van der Waals surface area contributed by atoms with Gasteiger partial charge in [0.05, 0.1) is 25.7 Å². The molecule has 0 radical (unpaired) electrons. The predicted octanol–water partition coefficient (Wildman–Crippen LogP) is 6.71. The second-order valence-electron chi connectivity index (χ2n) is 12.0. The van der Waals surface area contributed by atoms with Crippen molar-refractivity contribution in [2.24, 2.45) is 35.0 Å². The maximum Gasteiger partial charge on any atom is 0.338 e. The number of rotatable bonds is 9. The predicted molar refractivity (Wildman–Crippen MR) is 155 cm³/mol.